The second kappa shape index (κ2) is 8.55. The monoisotopic (exact) mass is 299 g/mol. The molecule has 1 aromatic carbocycles. The Morgan fingerprint density at radius 1 is 1.23 bits per heavy atom. The van der Waals surface area contributed by atoms with Gasteiger partial charge in [0.2, 0.25) is 5.91 Å². The minimum atomic E-state index is 0.0783. The van der Waals surface area contributed by atoms with Crippen molar-refractivity contribution in [3.05, 3.63) is 30.3 Å². The fourth-order valence-electron chi connectivity index (χ4n) is 3.12. The molecule has 22 heavy (non-hydrogen) atoms. The molecular weight excluding hydrogens is 274 g/mol. The Morgan fingerprint density at radius 3 is 2.55 bits per heavy atom. The molecule has 0 spiro atoms. The van der Waals surface area contributed by atoms with Crippen LogP contribution in [-0.4, -0.2) is 37.0 Å². The number of hydrogen-bond donors (Lipinski definition) is 0. The first-order valence-electron chi connectivity index (χ1n) is 8.15. The predicted molar refractivity (Wildman–Crippen MR) is 88.5 cm³/mol. The molecule has 0 saturated heterocycles. The van der Waals surface area contributed by atoms with E-state index in [1.807, 2.05) is 37.4 Å². The smallest absolute Gasteiger partial charge is 0.241 e. The van der Waals surface area contributed by atoms with E-state index in [4.69, 9.17) is 5.26 Å². The molecule has 1 fully saturated rings. The van der Waals surface area contributed by atoms with E-state index in [-0.39, 0.29) is 5.91 Å². The number of anilines is 1. The van der Waals surface area contributed by atoms with Crippen molar-refractivity contribution in [2.24, 2.45) is 0 Å². The van der Waals surface area contributed by atoms with Crippen molar-refractivity contribution in [1.29, 1.82) is 5.26 Å². The van der Waals surface area contributed by atoms with Gasteiger partial charge in [-0.05, 0) is 32.0 Å². The lowest BCUT2D eigenvalue weighted by Crippen LogP contribution is -2.43. The van der Waals surface area contributed by atoms with Crippen LogP contribution in [0.3, 0.4) is 0 Å². The van der Waals surface area contributed by atoms with Crippen LogP contribution in [0, 0.1) is 11.3 Å². The number of para-hydroxylation sites is 1. The van der Waals surface area contributed by atoms with Crippen LogP contribution in [0.2, 0.25) is 0 Å². The van der Waals surface area contributed by atoms with Gasteiger partial charge in [-0.3, -0.25) is 9.69 Å². The Kier molecular flexibility index (Phi) is 6.42. The zero-order valence-corrected chi connectivity index (χ0v) is 13.4. The lowest BCUT2D eigenvalue weighted by atomic mass is 9.94. The SMILES string of the molecule is CN(CC(=O)N(CCC#N)c1ccccc1)C1CCCCC1. The summed E-state index contributed by atoms with van der Waals surface area (Å²) >= 11 is 0. The molecule has 1 saturated carbocycles. The van der Waals surface area contributed by atoms with Gasteiger partial charge in [-0.2, -0.15) is 5.26 Å². The van der Waals surface area contributed by atoms with Crippen LogP contribution in [0.25, 0.3) is 0 Å². The van der Waals surface area contributed by atoms with Gasteiger partial charge in [-0.15, -0.1) is 0 Å². The first-order valence-corrected chi connectivity index (χ1v) is 8.15. The normalized spacial score (nSPS) is 15.5. The average molecular weight is 299 g/mol. The Morgan fingerprint density at radius 2 is 1.91 bits per heavy atom. The van der Waals surface area contributed by atoms with Crippen molar-refractivity contribution in [1.82, 2.24) is 4.90 Å². The number of benzene rings is 1. The van der Waals surface area contributed by atoms with Gasteiger partial charge in [0.05, 0.1) is 19.0 Å². The summed E-state index contributed by atoms with van der Waals surface area (Å²) in [7, 11) is 2.04. The summed E-state index contributed by atoms with van der Waals surface area (Å²) in [4.78, 5) is 16.6. The molecular formula is C18H25N3O. The van der Waals surface area contributed by atoms with E-state index >= 15 is 0 Å². The third kappa shape index (κ3) is 4.57. The molecule has 0 N–H and O–H groups in total. The maximum absolute atomic E-state index is 12.7. The van der Waals surface area contributed by atoms with E-state index in [0.717, 1.165) is 5.69 Å². The van der Waals surface area contributed by atoms with E-state index in [1.165, 1.54) is 32.1 Å². The van der Waals surface area contributed by atoms with Crippen LogP contribution in [0.5, 0.6) is 0 Å². The molecule has 0 radical (unpaired) electrons. The zero-order chi connectivity index (χ0) is 15.8. The first kappa shape index (κ1) is 16.5. The summed E-state index contributed by atoms with van der Waals surface area (Å²) in [5.41, 5.74) is 0.875. The Balaban J connectivity index is 2.00. The van der Waals surface area contributed by atoms with E-state index < -0.39 is 0 Å². The van der Waals surface area contributed by atoms with E-state index in [0.29, 0.717) is 25.6 Å². The number of rotatable bonds is 6. The van der Waals surface area contributed by atoms with Crippen LogP contribution in [0.4, 0.5) is 5.69 Å². The van der Waals surface area contributed by atoms with Crippen LogP contribution >= 0.6 is 0 Å². The number of nitrogens with zero attached hydrogens (tertiary/aromatic N) is 3. The van der Waals surface area contributed by atoms with Crippen molar-refractivity contribution in [3.63, 3.8) is 0 Å². The fourth-order valence-corrected chi connectivity index (χ4v) is 3.12. The highest BCUT2D eigenvalue weighted by molar-refractivity contribution is 5.94. The lowest BCUT2D eigenvalue weighted by Gasteiger charge is -2.32. The highest BCUT2D eigenvalue weighted by atomic mass is 16.2. The molecule has 0 unspecified atom stereocenters. The van der Waals surface area contributed by atoms with Gasteiger partial charge in [0, 0.05) is 18.3 Å². The van der Waals surface area contributed by atoms with Crippen LogP contribution in [0.15, 0.2) is 30.3 Å². The van der Waals surface area contributed by atoms with Crippen molar-refractivity contribution in [2.75, 3.05) is 25.0 Å². The number of likely N-dealkylation sites (N-methyl/N-ethyl adjacent to an activating group) is 1. The molecule has 2 rings (SSSR count). The summed E-state index contributed by atoms with van der Waals surface area (Å²) in [5, 5.41) is 8.83. The van der Waals surface area contributed by atoms with Crippen molar-refractivity contribution in [2.45, 2.75) is 44.6 Å². The molecule has 1 aliphatic carbocycles. The standard InChI is InChI=1S/C18H25N3O/c1-20(16-9-4-2-5-10-16)15-18(22)21(14-8-13-19)17-11-6-3-7-12-17/h3,6-7,11-12,16H,2,4-5,8-10,14-15H2,1H3. The second-order valence-corrected chi connectivity index (χ2v) is 6.00. The molecule has 0 heterocycles. The van der Waals surface area contributed by atoms with Gasteiger partial charge in [0.15, 0.2) is 0 Å². The number of carbonyl (C=O) groups excluding carboxylic acids is 1. The van der Waals surface area contributed by atoms with Gasteiger partial charge >= 0.3 is 0 Å². The third-order valence-corrected chi connectivity index (χ3v) is 4.40. The van der Waals surface area contributed by atoms with Crippen LogP contribution in [-0.2, 0) is 4.79 Å². The summed E-state index contributed by atoms with van der Waals surface area (Å²) in [6.45, 7) is 0.878. The van der Waals surface area contributed by atoms with E-state index in [2.05, 4.69) is 11.0 Å². The molecule has 0 bridgehead atoms. The van der Waals surface area contributed by atoms with E-state index in [9.17, 15) is 4.79 Å². The van der Waals surface area contributed by atoms with Crippen LogP contribution in [0.1, 0.15) is 38.5 Å². The van der Waals surface area contributed by atoms with Gasteiger partial charge in [0.1, 0.15) is 0 Å². The van der Waals surface area contributed by atoms with Crippen molar-refractivity contribution in [3.8, 4) is 6.07 Å². The van der Waals surface area contributed by atoms with Gasteiger partial charge in [-0.1, -0.05) is 37.5 Å². The largest absolute Gasteiger partial charge is 0.310 e. The summed E-state index contributed by atoms with van der Waals surface area (Å²) in [6, 6.07) is 12.3. The van der Waals surface area contributed by atoms with E-state index in [1.54, 1.807) is 4.90 Å². The minimum Gasteiger partial charge on any atom is -0.310 e. The third-order valence-electron chi connectivity index (χ3n) is 4.40. The molecule has 0 aromatic heterocycles. The Labute approximate surface area is 133 Å². The molecule has 4 nitrogen and oxygen atoms in total. The number of nitriles is 1. The lowest BCUT2D eigenvalue weighted by molar-refractivity contribution is -0.120. The summed E-state index contributed by atoms with van der Waals surface area (Å²) < 4.78 is 0. The molecule has 1 aromatic rings. The first-order chi connectivity index (χ1) is 10.7. The molecule has 4 heteroatoms. The fraction of sp³-hybridized carbons (Fsp3) is 0.556. The Bertz CT molecular complexity index is 503. The summed E-state index contributed by atoms with van der Waals surface area (Å²) in [6.07, 6.45) is 6.57. The van der Waals surface area contributed by atoms with Crippen molar-refractivity contribution >= 4 is 11.6 Å². The van der Waals surface area contributed by atoms with Gasteiger partial charge in [0.25, 0.3) is 0 Å². The quantitative estimate of drug-likeness (QED) is 0.810. The summed E-state index contributed by atoms with van der Waals surface area (Å²) in [5.74, 6) is 0.0783. The number of carbonyl (C=O) groups is 1. The minimum absolute atomic E-state index is 0.0783. The van der Waals surface area contributed by atoms with Gasteiger partial charge < -0.3 is 4.90 Å². The van der Waals surface area contributed by atoms with Crippen molar-refractivity contribution < 1.29 is 4.79 Å². The zero-order valence-electron chi connectivity index (χ0n) is 13.4. The number of hydrogen-bond acceptors (Lipinski definition) is 3. The highest BCUT2D eigenvalue weighted by Gasteiger charge is 2.23. The molecule has 118 valence electrons. The molecule has 0 atom stereocenters. The highest BCUT2D eigenvalue weighted by Crippen LogP contribution is 2.22. The topological polar surface area (TPSA) is 47.3 Å². The Hall–Kier alpha value is -1.86. The molecule has 1 amide bonds. The van der Waals surface area contributed by atoms with Crippen LogP contribution < -0.4 is 4.90 Å². The average Bonchev–Trinajstić information content (AvgIpc) is 2.57. The maximum atomic E-state index is 12.7. The molecule has 0 aliphatic heterocycles. The number of amides is 1. The second-order valence-electron chi connectivity index (χ2n) is 6.00. The van der Waals surface area contributed by atoms with Gasteiger partial charge in [-0.25, -0.2) is 0 Å². The predicted octanol–water partition coefficient (Wildman–Crippen LogP) is 3.20. The molecule has 1 aliphatic rings. The maximum Gasteiger partial charge on any atom is 0.241 e.